The number of hydrogen-bond donors (Lipinski definition) is 2. The molecule has 2 aromatic rings. The van der Waals surface area contributed by atoms with E-state index in [2.05, 4.69) is 61.5 Å². The SMILES string of the molecule is CC(C)(C)c1cc2c(O)c(c1)C=NCCN=Cc1cc(C(C)(C)C)cc(c1O)C=NCCCN=C2. The zero-order valence-electron chi connectivity index (χ0n) is 21.8. The van der Waals surface area contributed by atoms with Gasteiger partial charge in [0.1, 0.15) is 11.5 Å². The molecule has 0 aromatic heterocycles. The molecule has 0 saturated heterocycles. The maximum atomic E-state index is 10.8. The van der Waals surface area contributed by atoms with E-state index in [0.29, 0.717) is 48.4 Å². The topological polar surface area (TPSA) is 89.9 Å². The van der Waals surface area contributed by atoms with Crippen molar-refractivity contribution >= 4 is 24.9 Å². The molecule has 2 N–H and O–H groups in total. The van der Waals surface area contributed by atoms with E-state index in [-0.39, 0.29) is 22.3 Å². The van der Waals surface area contributed by atoms with Crippen LogP contribution in [-0.2, 0) is 10.8 Å². The molecule has 0 radical (unpaired) electrons. The number of aliphatic imine (C=N–C) groups is 4. The number of hydrogen-bond acceptors (Lipinski definition) is 6. The summed E-state index contributed by atoms with van der Waals surface area (Å²) in [5.74, 6) is 0.362. The van der Waals surface area contributed by atoms with E-state index >= 15 is 0 Å². The van der Waals surface area contributed by atoms with Crippen molar-refractivity contribution in [2.75, 3.05) is 26.2 Å². The first-order valence-electron chi connectivity index (χ1n) is 12.2. The molecule has 0 fully saturated rings. The van der Waals surface area contributed by atoms with Crippen molar-refractivity contribution in [3.63, 3.8) is 0 Å². The van der Waals surface area contributed by atoms with Gasteiger partial charge in [-0.1, -0.05) is 41.5 Å². The quantitative estimate of drug-likeness (QED) is 0.530. The average molecular weight is 475 g/mol. The Morgan fingerprint density at radius 2 is 0.800 bits per heavy atom. The highest BCUT2D eigenvalue weighted by atomic mass is 16.3. The zero-order valence-corrected chi connectivity index (χ0v) is 21.8. The summed E-state index contributed by atoms with van der Waals surface area (Å²) >= 11 is 0. The third kappa shape index (κ3) is 7.10. The van der Waals surface area contributed by atoms with Gasteiger partial charge < -0.3 is 10.2 Å². The Morgan fingerprint density at radius 1 is 0.514 bits per heavy atom. The molecule has 1 aliphatic heterocycles. The molecule has 4 bridgehead atoms. The second-order valence-corrected chi connectivity index (χ2v) is 11.0. The minimum Gasteiger partial charge on any atom is -0.507 e. The van der Waals surface area contributed by atoms with Gasteiger partial charge in [0.15, 0.2) is 0 Å². The van der Waals surface area contributed by atoms with E-state index in [1.807, 2.05) is 24.3 Å². The van der Waals surface area contributed by atoms with E-state index in [1.54, 1.807) is 24.9 Å². The van der Waals surface area contributed by atoms with Crippen LogP contribution in [0, 0.1) is 0 Å². The monoisotopic (exact) mass is 474 g/mol. The third-order valence-electron chi connectivity index (χ3n) is 5.92. The molecule has 2 aromatic carbocycles. The van der Waals surface area contributed by atoms with Crippen LogP contribution >= 0.6 is 0 Å². The van der Waals surface area contributed by atoms with Gasteiger partial charge in [0, 0.05) is 60.2 Å². The van der Waals surface area contributed by atoms with Crippen molar-refractivity contribution in [3.8, 4) is 11.5 Å². The number of fused-ring (bicyclic) bond motifs is 4. The first-order valence-corrected chi connectivity index (χ1v) is 12.2. The number of benzene rings is 2. The van der Waals surface area contributed by atoms with Crippen molar-refractivity contribution in [1.29, 1.82) is 0 Å². The predicted molar refractivity (Wildman–Crippen MR) is 148 cm³/mol. The van der Waals surface area contributed by atoms with E-state index in [4.69, 9.17) is 0 Å². The van der Waals surface area contributed by atoms with Crippen LogP contribution in [0.3, 0.4) is 0 Å². The van der Waals surface area contributed by atoms with Crippen molar-refractivity contribution in [1.82, 2.24) is 0 Å². The molecule has 0 atom stereocenters. The van der Waals surface area contributed by atoms with Gasteiger partial charge >= 0.3 is 0 Å². The van der Waals surface area contributed by atoms with Crippen LogP contribution in [0.25, 0.3) is 0 Å². The highest BCUT2D eigenvalue weighted by Gasteiger charge is 2.19. The van der Waals surface area contributed by atoms with Crippen LogP contribution in [0.4, 0.5) is 0 Å². The highest BCUT2D eigenvalue weighted by Crippen LogP contribution is 2.31. The smallest absolute Gasteiger partial charge is 0.133 e. The molecule has 1 aliphatic rings. The van der Waals surface area contributed by atoms with Crippen molar-refractivity contribution in [2.24, 2.45) is 20.0 Å². The molecule has 0 unspecified atom stereocenters. The molecule has 0 aliphatic carbocycles. The van der Waals surface area contributed by atoms with E-state index in [0.717, 1.165) is 17.5 Å². The number of rotatable bonds is 0. The van der Waals surface area contributed by atoms with Crippen LogP contribution in [0.5, 0.6) is 11.5 Å². The fourth-order valence-electron chi connectivity index (χ4n) is 3.64. The van der Waals surface area contributed by atoms with Gasteiger partial charge in [-0.25, -0.2) is 0 Å². The fourth-order valence-corrected chi connectivity index (χ4v) is 3.64. The van der Waals surface area contributed by atoms with Gasteiger partial charge in [-0.05, 0) is 52.6 Å². The summed E-state index contributed by atoms with van der Waals surface area (Å²) < 4.78 is 0. The normalized spacial score (nSPS) is 15.5. The average Bonchev–Trinajstić information content (AvgIpc) is 2.76. The Kier molecular flexibility index (Phi) is 8.26. The molecular formula is C29H38N4O2. The van der Waals surface area contributed by atoms with Gasteiger partial charge in [0.25, 0.3) is 0 Å². The first kappa shape index (κ1) is 26.3. The first-order chi connectivity index (χ1) is 16.5. The van der Waals surface area contributed by atoms with E-state index in [1.165, 1.54) is 0 Å². The van der Waals surface area contributed by atoms with Gasteiger partial charge in [0.2, 0.25) is 0 Å². The van der Waals surface area contributed by atoms with Crippen LogP contribution in [0.2, 0.25) is 0 Å². The van der Waals surface area contributed by atoms with Gasteiger partial charge in [-0.15, -0.1) is 0 Å². The Bertz CT molecular complexity index is 1070. The lowest BCUT2D eigenvalue weighted by molar-refractivity contribution is 0.471. The second kappa shape index (κ2) is 11.0. The second-order valence-electron chi connectivity index (χ2n) is 11.0. The lowest BCUT2D eigenvalue weighted by Gasteiger charge is -2.21. The Labute approximate surface area is 209 Å². The van der Waals surface area contributed by atoms with Crippen LogP contribution in [-0.4, -0.2) is 61.3 Å². The molecular weight excluding hydrogens is 436 g/mol. The number of phenolic OH excluding ortho intramolecular Hbond substituents is 2. The van der Waals surface area contributed by atoms with E-state index in [9.17, 15) is 10.2 Å². The van der Waals surface area contributed by atoms with Gasteiger partial charge in [0.05, 0.1) is 13.1 Å². The summed E-state index contributed by atoms with van der Waals surface area (Å²) in [5.41, 5.74) is 4.79. The summed E-state index contributed by atoms with van der Waals surface area (Å²) in [6, 6.07) is 7.94. The van der Waals surface area contributed by atoms with Crippen LogP contribution in [0.15, 0.2) is 44.2 Å². The molecule has 0 spiro atoms. The van der Waals surface area contributed by atoms with Crippen molar-refractivity contribution in [3.05, 3.63) is 57.6 Å². The summed E-state index contributed by atoms with van der Waals surface area (Å²) in [6.07, 6.45) is 7.63. The third-order valence-corrected chi connectivity index (χ3v) is 5.92. The van der Waals surface area contributed by atoms with Gasteiger partial charge in [-0.2, -0.15) is 0 Å². The maximum Gasteiger partial charge on any atom is 0.133 e. The molecule has 186 valence electrons. The minimum absolute atomic E-state index is 0.0746. The van der Waals surface area contributed by atoms with Crippen molar-refractivity contribution < 1.29 is 10.2 Å². The Morgan fingerprint density at radius 3 is 1.09 bits per heavy atom. The highest BCUT2D eigenvalue weighted by molar-refractivity contribution is 5.93. The van der Waals surface area contributed by atoms with E-state index < -0.39 is 0 Å². The molecule has 6 nitrogen and oxygen atoms in total. The molecule has 1 heterocycles. The van der Waals surface area contributed by atoms with Crippen LogP contribution < -0.4 is 0 Å². The lowest BCUT2D eigenvalue weighted by Crippen LogP contribution is -2.12. The summed E-state index contributed by atoms with van der Waals surface area (Å²) in [5, 5.41) is 21.6. The summed E-state index contributed by atoms with van der Waals surface area (Å²) in [6.45, 7) is 15.0. The molecule has 35 heavy (non-hydrogen) atoms. The molecule has 3 rings (SSSR count). The molecule has 6 heteroatoms. The lowest BCUT2D eigenvalue weighted by atomic mass is 9.85. The maximum absolute atomic E-state index is 10.8. The number of aromatic hydroxyl groups is 2. The molecule has 0 amide bonds. The minimum atomic E-state index is -0.0746. The predicted octanol–water partition coefficient (Wildman–Crippen LogP) is 5.47. The summed E-state index contributed by atoms with van der Waals surface area (Å²) in [7, 11) is 0. The Balaban J connectivity index is 1.96. The number of phenols is 2. The molecule has 0 saturated carbocycles. The van der Waals surface area contributed by atoms with Gasteiger partial charge in [-0.3, -0.25) is 20.0 Å². The zero-order chi connectivity index (χ0) is 25.6. The largest absolute Gasteiger partial charge is 0.507 e. The fraction of sp³-hybridized carbons (Fsp3) is 0.448. The van der Waals surface area contributed by atoms with Crippen LogP contribution in [0.1, 0.15) is 81.3 Å². The number of nitrogens with zero attached hydrogens (tertiary/aromatic N) is 4. The standard InChI is InChI=1S/C29H38N4O2/c1-28(2,3)24-12-20-16-30-8-7-9-31-17-21-13-25(29(4,5)6)15-23(27(21)35)19-33-11-10-32-18-22(14-24)26(20)34/h12-19,34-35H,7-11H2,1-6H3. The summed E-state index contributed by atoms with van der Waals surface area (Å²) in [4.78, 5) is 18.0. The van der Waals surface area contributed by atoms with Crippen molar-refractivity contribution in [2.45, 2.75) is 58.8 Å². The Hall–Kier alpha value is -3.28.